The fraction of sp³-hybridized carbons (Fsp3) is 0.474. The molecule has 2 aliphatic heterocycles. The highest BCUT2D eigenvalue weighted by Gasteiger charge is 2.47. The molecule has 1 N–H and O–H groups in total. The summed E-state index contributed by atoms with van der Waals surface area (Å²) in [6, 6.07) is 6.65. The van der Waals surface area contributed by atoms with E-state index in [0.29, 0.717) is 6.54 Å². The summed E-state index contributed by atoms with van der Waals surface area (Å²) in [6.07, 6.45) is 3.24. The third-order valence-corrected chi connectivity index (χ3v) is 5.13. The van der Waals surface area contributed by atoms with Crippen molar-refractivity contribution in [2.24, 2.45) is 0 Å². The SMILES string of the molecule is Cc1ncc(CN2C[C@H]3OC(=O)N(CCCc4ccc(F)cc4)[C@H]3C2)[nH]1. The Hall–Kier alpha value is -2.41. The number of imidazole rings is 1. The van der Waals surface area contributed by atoms with E-state index in [0.717, 1.165) is 49.6 Å². The lowest BCUT2D eigenvalue weighted by Gasteiger charge is -2.22. The smallest absolute Gasteiger partial charge is 0.410 e. The highest BCUT2D eigenvalue weighted by Crippen LogP contribution is 2.28. The quantitative estimate of drug-likeness (QED) is 0.862. The molecule has 1 amide bonds. The molecule has 2 aliphatic rings. The third kappa shape index (κ3) is 3.58. The molecule has 1 aromatic heterocycles. The lowest BCUT2D eigenvalue weighted by Crippen LogP contribution is -2.38. The van der Waals surface area contributed by atoms with E-state index < -0.39 is 0 Å². The molecule has 0 bridgehead atoms. The second-order valence-electron chi connectivity index (χ2n) is 7.10. The summed E-state index contributed by atoms with van der Waals surface area (Å²) in [7, 11) is 0. The molecular weight excluding hydrogens is 335 g/mol. The van der Waals surface area contributed by atoms with Crippen molar-refractivity contribution in [2.75, 3.05) is 19.6 Å². The Morgan fingerprint density at radius 2 is 2.12 bits per heavy atom. The summed E-state index contributed by atoms with van der Waals surface area (Å²) in [5.74, 6) is 0.687. The number of halogens is 1. The number of likely N-dealkylation sites (tertiary alicyclic amines) is 1. The molecule has 4 rings (SSSR count). The molecule has 138 valence electrons. The van der Waals surface area contributed by atoms with E-state index in [1.807, 2.05) is 18.0 Å². The number of fused-ring (bicyclic) bond motifs is 1. The van der Waals surface area contributed by atoms with Crippen LogP contribution >= 0.6 is 0 Å². The second kappa shape index (κ2) is 7.07. The van der Waals surface area contributed by atoms with E-state index in [2.05, 4.69) is 14.9 Å². The highest BCUT2D eigenvalue weighted by molar-refractivity contribution is 5.71. The predicted molar refractivity (Wildman–Crippen MR) is 94.1 cm³/mol. The van der Waals surface area contributed by atoms with Gasteiger partial charge >= 0.3 is 6.09 Å². The van der Waals surface area contributed by atoms with Crippen LogP contribution in [-0.4, -0.2) is 57.6 Å². The van der Waals surface area contributed by atoms with Gasteiger partial charge in [0.25, 0.3) is 0 Å². The fourth-order valence-corrected chi connectivity index (χ4v) is 3.86. The van der Waals surface area contributed by atoms with Crippen molar-refractivity contribution in [3.05, 3.63) is 53.4 Å². The average Bonchev–Trinajstić information content (AvgIpc) is 3.26. The van der Waals surface area contributed by atoms with Crippen molar-refractivity contribution in [1.29, 1.82) is 0 Å². The van der Waals surface area contributed by atoms with E-state index in [1.54, 1.807) is 12.1 Å². The third-order valence-electron chi connectivity index (χ3n) is 5.13. The number of nitrogens with zero attached hydrogens (tertiary/aromatic N) is 3. The summed E-state index contributed by atoms with van der Waals surface area (Å²) < 4.78 is 18.5. The molecule has 2 aromatic rings. The van der Waals surface area contributed by atoms with Gasteiger partial charge in [-0.3, -0.25) is 4.90 Å². The minimum atomic E-state index is -0.224. The van der Waals surface area contributed by atoms with Gasteiger partial charge in [0.15, 0.2) is 0 Å². The first-order valence-electron chi connectivity index (χ1n) is 9.03. The molecule has 0 saturated carbocycles. The number of aryl methyl sites for hydroxylation is 2. The van der Waals surface area contributed by atoms with E-state index in [1.165, 1.54) is 12.1 Å². The number of hydrogen-bond acceptors (Lipinski definition) is 4. The van der Waals surface area contributed by atoms with Crippen LogP contribution in [0.1, 0.15) is 23.5 Å². The number of aromatic nitrogens is 2. The Bertz CT molecular complexity index is 776. The maximum atomic E-state index is 13.0. The molecule has 0 spiro atoms. The molecule has 0 aliphatic carbocycles. The van der Waals surface area contributed by atoms with Crippen LogP contribution in [0.25, 0.3) is 0 Å². The van der Waals surface area contributed by atoms with Crippen molar-refractivity contribution < 1.29 is 13.9 Å². The molecule has 1 aromatic carbocycles. The minimum Gasteiger partial charge on any atom is -0.442 e. The Kier molecular flexibility index (Phi) is 4.63. The van der Waals surface area contributed by atoms with Gasteiger partial charge in [0.1, 0.15) is 17.7 Å². The molecule has 3 heterocycles. The molecule has 0 radical (unpaired) electrons. The predicted octanol–water partition coefficient (Wildman–Crippen LogP) is 2.50. The van der Waals surface area contributed by atoms with Crippen molar-refractivity contribution >= 4 is 6.09 Å². The van der Waals surface area contributed by atoms with E-state index in [-0.39, 0.29) is 24.1 Å². The van der Waals surface area contributed by atoms with Crippen molar-refractivity contribution in [2.45, 2.75) is 38.5 Å². The molecule has 0 unspecified atom stereocenters. The summed E-state index contributed by atoms with van der Waals surface area (Å²) in [6.45, 7) is 4.95. The van der Waals surface area contributed by atoms with E-state index in [9.17, 15) is 9.18 Å². The van der Waals surface area contributed by atoms with Gasteiger partial charge in [-0.2, -0.15) is 0 Å². The van der Waals surface area contributed by atoms with Crippen LogP contribution in [0.2, 0.25) is 0 Å². The number of H-pyrrole nitrogens is 1. The van der Waals surface area contributed by atoms with Gasteiger partial charge in [-0.15, -0.1) is 0 Å². The van der Waals surface area contributed by atoms with Crippen LogP contribution in [0.3, 0.4) is 0 Å². The number of ether oxygens (including phenoxy) is 1. The zero-order valence-electron chi connectivity index (χ0n) is 14.8. The van der Waals surface area contributed by atoms with Crippen molar-refractivity contribution in [1.82, 2.24) is 19.8 Å². The number of carbonyl (C=O) groups is 1. The number of nitrogens with one attached hydrogen (secondary N) is 1. The summed E-state index contributed by atoms with van der Waals surface area (Å²) in [5, 5.41) is 0. The van der Waals surface area contributed by atoms with Crippen LogP contribution in [0.5, 0.6) is 0 Å². The Balaban J connectivity index is 1.31. The van der Waals surface area contributed by atoms with Gasteiger partial charge in [0, 0.05) is 38.1 Å². The Labute approximate surface area is 152 Å². The molecule has 2 atom stereocenters. The maximum absolute atomic E-state index is 13.0. The summed E-state index contributed by atoms with van der Waals surface area (Å²) in [5.41, 5.74) is 2.16. The first kappa shape index (κ1) is 17.0. The lowest BCUT2D eigenvalue weighted by atomic mass is 10.1. The average molecular weight is 358 g/mol. The van der Waals surface area contributed by atoms with Crippen LogP contribution in [0, 0.1) is 12.7 Å². The summed E-state index contributed by atoms with van der Waals surface area (Å²) >= 11 is 0. The first-order valence-corrected chi connectivity index (χ1v) is 9.03. The molecule has 6 nitrogen and oxygen atoms in total. The van der Waals surface area contributed by atoms with Gasteiger partial charge in [0.2, 0.25) is 0 Å². The first-order chi connectivity index (χ1) is 12.6. The summed E-state index contributed by atoms with van der Waals surface area (Å²) in [4.78, 5) is 23.8. The number of amides is 1. The number of aromatic amines is 1. The second-order valence-corrected chi connectivity index (χ2v) is 7.10. The van der Waals surface area contributed by atoms with Gasteiger partial charge in [0.05, 0.1) is 6.04 Å². The number of carbonyl (C=O) groups excluding carboxylic acids is 1. The number of rotatable bonds is 6. The normalized spacial score (nSPS) is 22.7. The molecule has 2 fully saturated rings. The van der Waals surface area contributed by atoms with Crippen LogP contribution < -0.4 is 0 Å². The van der Waals surface area contributed by atoms with Crippen LogP contribution in [0.15, 0.2) is 30.5 Å². The standard InChI is InChI=1S/C19H23FN4O2/c1-13-21-9-16(22-13)10-23-11-17-18(12-23)26-19(25)24(17)8-2-3-14-4-6-15(20)7-5-14/h4-7,9,17-18H,2-3,8,10-12H2,1H3,(H,21,22)/t17-,18+/m0/s1. The number of hydrogen-bond donors (Lipinski definition) is 1. The van der Waals surface area contributed by atoms with Gasteiger partial charge in [-0.05, 0) is 37.5 Å². The van der Waals surface area contributed by atoms with Crippen LogP contribution in [0.4, 0.5) is 9.18 Å². The van der Waals surface area contributed by atoms with Gasteiger partial charge < -0.3 is 14.6 Å². The monoisotopic (exact) mass is 358 g/mol. The molecule has 2 saturated heterocycles. The van der Waals surface area contributed by atoms with Crippen molar-refractivity contribution in [3.8, 4) is 0 Å². The topological polar surface area (TPSA) is 61.5 Å². The van der Waals surface area contributed by atoms with Gasteiger partial charge in [-0.25, -0.2) is 14.2 Å². The van der Waals surface area contributed by atoms with Crippen LogP contribution in [-0.2, 0) is 17.7 Å². The fourth-order valence-electron chi connectivity index (χ4n) is 3.86. The zero-order chi connectivity index (χ0) is 18.1. The van der Waals surface area contributed by atoms with E-state index in [4.69, 9.17) is 4.74 Å². The zero-order valence-corrected chi connectivity index (χ0v) is 14.8. The van der Waals surface area contributed by atoms with E-state index >= 15 is 0 Å². The Morgan fingerprint density at radius 3 is 2.85 bits per heavy atom. The van der Waals surface area contributed by atoms with Gasteiger partial charge in [-0.1, -0.05) is 12.1 Å². The molecule has 7 heteroatoms. The lowest BCUT2D eigenvalue weighted by molar-refractivity contribution is 0.120. The molecule has 26 heavy (non-hydrogen) atoms. The minimum absolute atomic E-state index is 0.0580. The number of benzene rings is 1. The largest absolute Gasteiger partial charge is 0.442 e. The molecular formula is C19H23FN4O2. The Morgan fingerprint density at radius 1 is 1.31 bits per heavy atom. The maximum Gasteiger partial charge on any atom is 0.410 e. The highest BCUT2D eigenvalue weighted by atomic mass is 19.1. The van der Waals surface area contributed by atoms with Crippen molar-refractivity contribution in [3.63, 3.8) is 0 Å².